The van der Waals surface area contributed by atoms with Gasteiger partial charge in [-0.05, 0) is 30.0 Å². The predicted molar refractivity (Wildman–Crippen MR) is 97.3 cm³/mol. The van der Waals surface area contributed by atoms with E-state index in [4.69, 9.17) is 11.6 Å². The van der Waals surface area contributed by atoms with Gasteiger partial charge in [-0.25, -0.2) is 4.98 Å². The van der Waals surface area contributed by atoms with Crippen LogP contribution in [0.1, 0.15) is 24.8 Å². The van der Waals surface area contributed by atoms with Gasteiger partial charge in [-0.15, -0.1) is 0 Å². The van der Waals surface area contributed by atoms with Gasteiger partial charge in [-0.1, -0.05) is 30.3 Å². The second kappa shape index (κ2) is 7.28. The molecule has 0 aliphatic carbocycles. The van der Waals surface area contributed by atoms with Crippen LogP contribution < -0.4 is 16.2 Å². The second-order valence-electron chi connectivity index (χ2n) is 5.37. The lowest BCUT2D eigenvalue weighted by molar-refractivity contribution is -0.123. The van der Waals surface area contributed by atoms with E-state index in [1.807, 2.05) is 6.92 Å². The number of nitrogens with one attached hydrogen (secondary N) is 3. The Balaban J connectivity index is 1.92. The van der Waals surface area contributed by atoms with Crippen molar-refractivity contribution in [3.63, 3.8) is 0 Å². The topological polar surface area (TPSA) is 104 Å². The van der Waals surface area contributed by atoms with Crippen LogP contribution in [0.4, 0.5) is 11.5 Å². The zero-order valence-electron chi connectivity index (χ0n) is 13.3. The minimum atomic E-state index is -0.906. The lowest BCUT2D eigenvalue weighted by atomic mass is 9.92. The fourth-order valence-electron chi connectivity index (χ4n) is 2.54. The third kappa shape index (κ3) is 3.85. The number of halogens is 1. The summed E-state index contributed by atoms with van der Waals surface area (Å²) in [6.07, 6.45) is -0.114. The minimum absolute atomic E-state index is 0.114. The standard InChI is InChI=1S/C16H15ClN4O3S/c1-2-25-16-20-13-12(15(24)21-16)10(7-11(22)19-13)14(23)18-9-5-3-8(17)4-6-9/h3-6,10H,2,7H2,1H3,(H,18,23)(H2,19,20,21,22,24)/t10-/m1/s1. The Morgan fingerprint density at radius 1 is 1.36 bits per heavy atom. The number of H-pyrrole nitrogens is 1. The van der Waals surface area contributed by atoms with Crippen LogP contribution in [0.3, 0.4) is 0 Å². The molecule has 2 amide bonds. The van der Waals surface area contributed by atoms with E-state index >= 15 is 0 Å². The third-order valence-corrected chi connectivity index (χ3v) is 4.65. The molecule has 0 radical (unpaired) electrons. The number of amides is 2. The first kappa shape index (κ1) is 17.5. The molecule has 1 atom stereocenters. The molecule has 2 heterocycles. The number of thioether (sulfide) groups is 1. The van der Waals surface area contributed by atoms with Crippen molar-refractivity contribution in [2.24, 2.45) is 0 Å². The van der Waals surface area contributed by atoms with Crippen LogP contribution in [0.25, 0.3) is 0 Å². The molecule has 0 bridgehead atoms. The van der Waals surface area contributed by atoms with Gasteiger partial charge < -0.3 is 15.6 Å². The van der Waals surface area contributed by atoms with Crippen LogP contribution in [0.5, 0.6) is 0 Å². The van der Waals surface area contributed by atoms with Gasteiger partial charge >= 0.3 is 0 Å². The third-order valence-electron chi connectivity index (χ3n) is 3.64. The Labute approximate surface area is 152 Å². The van der Waals surface area contributed by atoms with Crippen LogP contribution in [0.2, 0.25) is 5.02 Å². The number of anilines is 2. The van der Waals surface area contributed by atoms with Gasteiger partial charge in [0.05, 0.1) is 11.5 Å². The summed E-state index contributed by atoms with van der Waals surface area (Å²) in [4.78, 5) is 43.9. The van der Waals surface area contributed by atoms with Crippen molar-refractivity contribution >= 4 is 46.7 Å². The van der Waals surface area contributed by atoms with Crippen molar-refractivity contribution in [3.05, 3.63) is 45.2 Å². The van der Waals surface area contributed by atoms with E-state index in [1.54, 1.807) is 24.3 Å². The SMILES string of the molecule is CCSc1nc2c(c(=O)[nH]1)[C@H](C(=O)Nc1ccc(Cl)cc1)CC(=O)N2. The summed E-state index contributed by atoms with van der Waals surface area (Å²) in [6.45, 7) is 1.92. The van der Waals surface area contributed by atoms with Crippen molar-refractivity contribution < 1.29 is 9.59 Å². The maximum absolute atomic E-state index is 12.6. The number of carbonyl (C=O) groups is 2. The Kier molecular flexibility index (Phi) is 5.10. The first-order valence-corrected chi connectivity index (χ1v) is 8.97. The molecular weight excluding hydrogens is 364 g/mol. The normalized spacial score (nSPS) is 16.1. The van der Waals surface area contributed by atoms with E-state index in [0.29, 0.717) is 15.9 Å². The first-order valence-electron chi connectivity index (χ1n) is 7.61. The number of hydrogen-bond donors (Lipinski definition) is 3. The highest BCUT2D eigenvalue weighted by molar-refractivity contribution is 7.99. The molecule has 0 saturated heterocycles. The zero-order valence-corrected chi connectivity index (χ0v) is 14.8. The molecule has 1 aliphatic rings. The maximum atomic E-state index is 12.6. The number of nitrogens with zero attached hydrogens (tertiary/aromatic N) is 1. The highest BCUT2D eigenvalue weighted by Gasteiger charge is 2.34. The molecule has 7 nitrogen and oxygen atoms in total. The van der Waals surface area contributed by atoms with Gasteiger partial charge in [-0.2, -0.15) is 0 Å². The monoisotopic (exact) mass is 378 g/mol. The smallest absolute Gasteiger partial charge is 0.257 e. The van der Waals surface area contributed by atoms with Crippen molar-refractivity contribution in [2.45, 2.75) is 24.4 Å². The molecule has 9 heteroatoms. The van der Waals surface area contributed by atoms with Crippen LogP contribution in [-0.2, 0) is 9.59 Å². The number of hydrogen-bond acceptors (Lipinski definition) is 5. The lowest BCUT2D eigenvalue weighted by Crippen LogP contribution is -2.36. The van der Waals surface area contributed by atoms with Crippen LogP contribution in [0, 0.1) is 0 Å². The lowest BCUT2D eigenvalue weighted by Gasteiger charge is -2.23. The van der Waals surface area contributed by atoms with Crippen molar-refractivity contribution in [2.75, 3.05) is 16.4 Å². The molecule has 3 rings (SSSR count). The van der Waals surface area contributed by atoms with Gasteiger partial charge in [0.2, 0.25) is 11.8 Å². The molecule has 130 valence electrons. The Morgan fingerprint density at radius 2 is 2.08 bits per heavy atom. The summed E-state index contributed by atoms with van der Waals surface area (Å²) in [5, 5.41) is 6.23. The quantitative estimate of drug-likeness (QED) is 0.560. The predicted octanol–water partition coefficient (Wildman–Crippen LogP) is 2.60. The molecule has 0 unspecified atom stereocenters. The second-order valence-corrected chi connectivity index (χ2v) is 7.06. The highest BCUT2D eigenvalue weighted by Crippen LogP contribution is 2.30. The van der Waals surface area contributed by atoms with Crippen LogP contribution in [0.15, 0.2) is 34.2 Å². The van der Waals surface area contributed by atoms with Gasteiger partial charge in [0.15, 0.2) is 5.16 Å². The summed E-state index contributed by atoms with van der Waals surface area (Å²) < 4.78 is 0. The first-order chi connectivity index (χ1) is 12.0. The zero-order chi connectivity index (χ0) is 18.0. The van der Waals surface area contributed by atoms with E-state index < -0.39 is 17.4 Å². The molecular formula is C16H15ClN4O3S. The van der Waals surface area contributed by atoms with Crippen molar-refractivity contribution in [1.82, 2.24) is 9.97 Å². The summed E-state index contributed by atoms with van der Waals surface area (Å²) in [5.41, 5.74) is 0.285. The average Bonchev–Trinajstić information content (AvgIpc) is 2.56. The number of carbonyl (C=O) groups excluding carboxylic acids is 2. The summed E-state index contributed by atoms with van der Waals surface area (Å²) in [7, 11) is 0. The fourth-order valence-corrected chi connectivity index (χ4v) is 3.26. The van der Waals surface area contributed by atoms with Gasteiger partial charge in [-0.3, -0.25) is 14.4 Å². The van der Waals surface area contributed by atoms with Crippen molar-refractivity contribution in [3.8, 4) is 0 Å². The molecule has 0 spiro atoms. The Hall–Kier alpha value is -2.32. The number of benzene rings is 1. The van der Waals surface area contributed by atoms with E-state index in [-0.39, 0.29) is 23.7 Å². The molecule has 3 N–H and O–H groups in total. The number of fused-ring (bicyclic) bond motifs is 1. The molecule has 0 saturated carbocycles. The molecule has 1 aromatic carbocycles. The molecule has 1 aromatic heterocycles. The number of rotatable bonds is 4. The highest BCUT2D eigenvalue weighted by atomic mass is 35.5. The minimum Gasteiger partial charge on any atom is -0.326 e. The fraction of sp³-hybridized carbons (Fsp3) is 0.250. The summed E-state index contributed by atoms with van der Waals surface area (Å²) in [5.74, 6) is -0.838. The maximum Gasteiger partial charge on any atom is 0.257 e. The largest absolute Gasteiger partial charge is 0.326 e. The Bertz CT molecular complexity index is 882. The van der Waals surface area contributed by atoms with Gasteiger partial charge in [0.25, 0.3) is 5.56 Å². The molecule has 2 aromatic rings. The van der Waals surface area contributed by atoms with E-state index in [9.17, 15) is 14.4 Å². The van der Waals surface area contributed by atoms with E-state index in [0.717, 1.165) is 5.75 Å². The molecule has 25 heavy (non-hydrogen) atoms. The van der Waals surface area contributed by atoms with Crippen molar-refractivity contribution in [1.29, 1.82) is 0 Å². The van der Waals surface area contributed by atoms with E-state index in [1.165, 1.54) is 11.8 Å². The number of aromatic nitrogens is 2. The van der Waals surface area contributed by atoms with Gasteiger partial charge in [0, 0.05) is 17.1 Å². The van der Waals surface area contributed by atoms with E-state index in [2.05, 4.69) is 20.6 Å². The van der Waals surface area contributed by atoms with Crippen LogP contribution >= 0.6 is 23.4 Å². The Morgan fingerprint density at radius 3 is 2.76 bits per heavy atom. The number of aromatic amines is 1. The molecule has 1 aliphatic heterocycles. The summed E-state index contributed by atoms with van der Waals surface area (Å²) >= 11 is 7.17. The molecule has 0 fully saturated rings. The summed E-state index contributed by atoms with van der Waals surface area (Å²) in [6, 6.07) is 6.57. The average molecular weight is 379 g/mol. The van der Waals surface area contributed by atoms with Crippen LogP contribution in [-0.4, -0.2) is 27.5 Å². The van der Waals surface area contributed by atoms with Gasteiger partial charge in [0.1, 0.15) is 5.82 Å².